The van der Waals surface area contributed by atoms with Gasteiger partial charge in [0.1, 0.15) is 50.9 Å². The number of nitrogens with zero attached hydrogens (tertiary/aromatic N) is 4. The van der Waals surface area contributed by atoms with E-state index in [0.717, 1.165) is 19.2 Å². The van der Waals surface area contributed by atoms with Gasteiger partial charge < -0.3 is 24.8 Å². The molecule has 0 spiro atoms. The van der Waals surface area contributed by atoms with Crippen LogP contribution in [-0.2, 0) is 14.7 Å². The standard InChI is InChI=1S/C33H38B5F5N6O3/c34-31(35,19-13-20(39)16-21(40)14-19)18-1-4-26-25(15-18)28(46-45-26)44-29(50)24-3-2-23(47-7-9-48(10-8-47)33(36,37)38)17-27(24)49(30(51)32(41,42)43)22-5-11-52-12-6-22/h1-4,13-17,22H,5-12,34-38H2,(H2,44,45,46,50). The van der Waals surface area contributed by atoms with Gasteiger partial charge in [0, 0.05) is 62.6 Å². The Morgan fingerprint density at radius 1 is 0.865 bits per heavy atom. The van der Waals surface area contributed by atoms with Gasteiger partial charge in [-0.3, -0.25) is 14.7 Å². The molecule has 2 saturated heterocycles. The van der Waals surface area contributed by atoms with Crippen LogP contribution in [0.5, 0.6) is 0 Å². The topological polar surface area (TPSA) is 93.8 Å². The van der Waals surface area contributed by atoms with Crippen LogP contribution >= 0.6 is 0 Å². The first-order valence-corrected chi connectivity index (χ1v) is 17.3. The lowest BCUT2D eigenvalue weighted by molar-refractivity contribution is -0.171. The Morgan fingerprint density at radius 3 is 2.13 bits per heavy atom. The van der Waals surface area contributed by atoms with Crippen LogP contribution in [0.25, 0.3) is 10.9 Å². The molecule has 0 atom stereocenters. The Kier molecular flexibility index (Phi) is 10.3. The Labute approximate surface area is 303 Å². The number of alkyl halides is 3. The molecule has 3 heterocycles. The molecule has 52 heavy (non-hydrogen) atoms. The number of H-pyrrole nitrogens is 1. The number of benzene rings is 3. The van der Waals surface area contributed by atoms with E-state index in [1.807, 2.05) is 4.90 Å². The van der Waals surface area contributed by atoms with E-state index in [1.165, 1.54) is 24.3 Å². The number of halogens is 5. The minimum atomic E-state index is -5.20. The van der Waals surface area contributed by atoms with Crippen molar-refractivity contribution in [2.75, 3.05) is 54.5 Å². The van der Waals surface area contributed by atoms with Gasteiger partial charge >= 0.3 is 12.1 Å². The van der Waals surface area contributed by atoms with E-state index in [4.69, 9.17) is 4.74 Å². The SMILES string of the molecule is BC(B)(c1cc(F)cc(F)c1)c1ccc2[nH]nc(NC(=O)c3ccc(N4CCN(C(B)(B)B)CC4)cc3N(C(=O)C(F)(F)F)C3CCOCC3)c2c1. The van der Waals surface area contributed by atoms with Gasteiger partial charge in [0.15, 0.2) is 5.82 Å². The van der Waals surface area contributed by atoms with Crippen LogP contribution < -0.4 is 15.1 Å². The highest BCUT2D eigenvalue weighted by atomic mass is 19.4. The number of aromatic amines is 1. The number of hydrogen-bond acceptors (Lipinski definition) is 6. The van der Waals surface area contributed by atoms with Crippen LogP contribution in [0.1, 0.15) is 34.3 Å². The van der Waals surface area contributed by atoms with Crippen molar-refractivity contribution in [2.45, 2.75) is 35.5 Å². The number of amides is 2. The Bertz CT molecular complexity index is 1960. The zero-order valence-corrected chi connectivity index (χ0v) is 29.8. The minimum absolute atomic E-state index is 0.0531. The van der Waals surface area contributed by atoms with Crippen LogP contribution in [0.2, 0.25) is 0 Å². The van der Waals surface area contributed by atoms with E-state index in [2.05, 4.69) is 44.0 Å². The van der Waals surface area contributed by atoms with Crippen LogP contribution in [0, 0.1) is 11.6 Å². The summed E-state index contributed by atoms with van der Waals surface area (Å²) >= 11 is 0. The van der Waals surface area contributed by atoms with Gasteiger partial charge in [0.2, 0.25) is 0 Å². The maximum atomic E-state index is 14.3. The second-order valence-corrected chi connectivity index (χ2v) is 14.9. The fourth-order valence-corrected chi connectivity index (χ4v) is 7.05. The molecule has 0 bridgehead atoms. The first-order valence-electron chi connectivity index (χ1n) is 17.3. The van der Waals surface area contributed by atoms with E-state index in [-0.39, 0.29) is 48.4 Å². The predicted octanol–water partition coefficient (Wildman–Crippen LogP) is 0.268. The van der Waals surface area contributed by atoms with E-state index >= 15 is 0 Å². The smallest absolute Gasteiger partial charge is 0.381 e. The molecule has 3 aromatic carbocycles. The molecule has 2 amide bonds. The highest BCUT2D eigenvalue weighted by Gasteiger charge is 2.46. The van der Waals surface area contributed by atoms with Crippen molar-refractivity contribution < 1.29 is 36.3 Å². The second-order valence-electron chi connectivity index (χ2n) is 14.9. The van der Waals surface area contributed by atoms with Gasteiger partial charge in [-0.05, 0) is 66.1 Å². The summed E-state index contributed by atoms with van der Waals surface area (Å²) in [7, 11) is 9.98. The Balaban J connectivity index is 1.38. The molecule has 0 unspecified atom stereocenters. The number of ether oxygens (including phenoxy) is 1. The molecule has 4 aromatic rings. The van der Waals surface area contributed by atoms with Crippen LogP contribution in [0.15, 0.2) is 54.6 Å². The monoisotopic (exact) mass is 716 g/mol. The van der Waals surface area contributed by atoms with Crippen molar-refractivity contribution in [3.8, 4) is 0 Å². The zero-order chi connectivity index (χ0) is 37.6. The highest BCUT2D eigenvalue weighted by molar-refractivity contribution is 6.59. The maximum absolute atomic E-state index is 14.3. The summed E-state index contributed by atoms with van der Waals surface area (Å²) in [6, 6.07) is 12.3. The molecule has 6 rings (SSSR count). The molecule has 0 saturated carbocycles. The normalized spacial score (nSPS) is 16.6. The lowest BCUT2D eigenvalue weighted by Gasteiger charge is -2.44. The number of hydrogen-bond donors (Lipinski definition) is 2. The van der Waals surface area contributed by atoms with Crippen molar-refractivity contribution in [3.63, 3.8) is 0 Å². The third kappa shape index (κ3) is 7.75. The van der Waals surface area contributed by atoms with Gasteiger partial charge in [-0.25, -0.2) is 8.78 Å². The summed E-state index contributed by atoms with van der Waals surface area (Å²) in [5.41, 5.74) is 1.91. The molecule has 2 aliphatic heterocycles. The van der Waals surface area contributed by atoms with Gasteiger partial charge in [0.05, 0.1) is 16.8 Å². The van der Waals surface area contributed by atoms with Crippen molar-refractivity contribution in [2.24, 2.45) is 0 Å². The number of carbonyl (C=O) groups excluding carboxylic acids is 2. The van der Waals surface area contributed by atoms with E-state index in [0.29, 0.717) is 45.7 Å². The van der Waals surface area contributed by atoms with Gasteiger partial charge in [-0.15, -0.1) is 0 Å². The third-order valence-corrected chi connectivity index (χ3v) is 10.2. The Morgan fingerprint density at radius 2 is 1.52 bits per heavy atom. The highest BCUT2D eigenvalue weighted by Crippen LogP contribution is 2.36. The van der Waals surface area contributed by atoms with Crippen molar-refractivity contribution in [1.29, 1.82) is 0 Å². The molecule has 2 fully saturated rings. The quantitative estimate of drug-likeness (QED) is 0.201. The van der Waals surface area contributed by atoms with E-state index in [9.17, 15) is 31.5 Å². The van der Waals surface area contributed by atoms with Gasteiger partial charge in [-0.2, -0.15) is 18.3 Å². The lowest BCUT2D eigenvalue weighted by atomic mass is 9.48. The summed E-state index contributed by atoms with van der Waals surface area (Å²) in [6.45, 7) is 3.00. The zero-order valence-electron chi connectivity index (χ0n) is 29.8. The van der Waals surface area contributed by atoms with E-state index in [1.54, 1.807) is 40.0 Å². The summed E-state index contributed by atoms with van der Waals surface area (Å²) in [5.74, 6) is -4.16. The van der Waals surface area contributed by atoms with Crippen LogP contribution in [-0.4, -0.2) is 123 Å². The molecule has 2 aliphatic rings. The Hall–Kier alpha value is -4.24. The van der Waals surface area contributed by atoms with Crippen LogP contribution in [0.3, 0.4) is 0 Å². The first kappa shape index (κ1) is 37.5. The molecule has 0 aliphatic carbocycles. The minimum Gasteiger partial charge on any atom is -0.381 e. The van der Waals surface area contributed by atoms with Crippen molar-refractivity contribution >= 4 is 79.1 Å². The van der Waals surface area contributed by atoms with Crippen molar-refractivity contribution in [1.82, 2.24) is 15.1 Å². The molecule has 9 nitrogen and oxygen atoms in total. The van der Waals surface area contributed by atoms with Crippen LogP contribution in [0.4, 0.5) is 39.1 Å². The number of piperazine rings is 1. The maximum Gasteiger partial charge on any atom is 0.471 e. The molecular weight excluding hydrogens is 677 g/mol. The predicted molar refractivity (Wildman–Crippen MR) is 204 cm³/mol. The lowest BCUT2D eigenvalue weighted by Crippen LogP contribution is -2.58. The summed E-state index contributed by atoms with van der Waals surface area (Å²) < 4.78 is 76.5. The molecular formula is C33H38B5F5N6O3. The fraction of sp³-hybridized carbons (Fsp3) is 0.364. The largest absolute Gasteiger partial charge is 0.471 e. The second kappa shape index (κ2) is 14.3. The number of nitrogens with one attached hydrogen (secondary N) is 2. The molecule has 268 valence electrons. The number of rotatable bonds is 8. The number of fused-ring (bicyclic) bond motifs is 1. The fourth-order valence-electron chi connectivity index (χ4n) is 7.05. The summed E-state index contributed by atoms with van der Waals surface area (Å²) in [4.78, 5) is 32.4. The van der Waals surface area contributed by atoms with Crippen molar-refractivity contribution in [3.05, 3.63) is 82.9 Å². The van der Waals surface area contributed by atoms with E-state index < -0.39 is 40.9 Å². The number of carbonyl (C=O) groups is 2. The third-order valence-electron chi connectivity index (χ3n) is 10.2. The van der Waals surface area contributed by atoms with Gasteiger partial charge in [0.25, 0.3) is 5.91 Å². The molecule has 19 heteroatoms. The van der Waals surface area contributed by atoms with Gasteiger partial charge in [-0.1, -0.05) is 16.9 Å². The average Bonchev–Trinajstić information content (AvgIpc) is 3.49. The number of aromatic nitrogens is 2. The summed E-state index contributed by atoms with van der Waals surface area (Å²) in [6.07, 6.45) is -4.88. The molecule has 0 radical (unpaired) electrons. The molecule has 1 aromatic heterocycles. The first-order chi connectivity index (χ1) is 24.4. The average molecular weight is 716 g/mol. The number of anilines is 3. The summed E-state index contributed by atoms with van der Waals surface area (Å²) in [5, 5.41) is 9.43. The molecule has 2 N–H and O–H groups in total.